The molecule has 0 aromatic carbocycles. The van der Waals surface area contributed by atoms with Crippen molar-refractivity contribution in [3.05, 3.63) is 52.1 Å². The first-order chi connectivity index (χ1) is 14.0. The molecule has 3 heterocycles. The minimum Gasteiger partial charge on any atom is -0.378 e. The summed E-state index contributed by atoms with van der Waals surface area (Å²) in [4.78, 5) is 39.5. The van der Waals surface area contributed by atoms with Crippen LogP contribution in [-0.4, -0.2) is 27.8 Å². The lowest BCUT2D eigenvalue weighted by Gasteiger charge is -2.21. The van der Waals surface area contributed by atoms with Crippen LogP contribution in [-0.2, 0) is 16.6 Å². The van der Waals surface area contributed by atoms with Crippen molar-refractivity contribution >= 4 is 34.5 Å². The molecule has 0 spiro atoms. The Morgan fingerprint density at radius 3 is 2.66 bits per heavy atom. The number of carbonyl (C=O) groups is 2. The second-order valence-electron chi connectivity index (χ2n) is 7.25. The maximum Gasteiger partial charge on any atom is 0.258 e. The summed E-state index contributed by atoms with van der Waals surface area (Å²) in [5.74, 6) is 0.483. The molecule has 1 aliphatic heterocycles. The molecule has 29 heavy (non-hydrogen) atoms. The summed E-state index contributed by atoms with van der Waals surface area (Å²) >= 11 is 0. The number of hydrogen-bond acceptors (Lipinski definition) is 5. The van der Waals surface area contributed by atoms with Crippen LogP contribution in [0.3, 0.4) is 0 Å². The third-order valence-electron chi connectivity index (χ3n) is 4.90. The van der Waals surface area contributed by atoms with Gasteiger partial charge in [-0.25, -0.2) is 4.98 Å². The number of pyridine rings is 2. The van der Waals surface area contributed by atoms with E-state index < -0.39 is 0 Å². The van der Waals surface area contributed by atoms with Crippen LogP contribution in [0.1, 0.15) is 45.1 Å². The molecule has 4 rings (SSSR count). The summed E-state index contributed by atoms with van der Waals surface area (Å²) in [6.45, 7) is 3.72. The number of anilines is 1. The highest BCUT2D eigenvalue weighted by Crippen LogP contribution is 2.26. The summed E-state index contributed by atoms with van der Waals surface area (Å²) < 4.78 is 1.53. The van der Waals surface area contributed by atoms with Gasteiger partial charge in [0.1, 0.15) is 11.9 Å². The Hall–Kier alpha value is -3.22. The van der Waals surface area contributed by atoms with Gasteiger partial charge in [0, 0.05) is 48.5 Å². The highest BCUT2D eigenvalue weighted by Gasteiger charge is 2.21. The number of allylic oxidation sites excluding steroid dienone is 2. The molecule has 0 saturated heterocycles. The normalized spacial score (nSPS) is 17.3. The zero-order valence-corrected chi connectivity index (χ0v) is 17.0. The van der Waals surface area contributed by atoms with Crippen molar-refractivity contribution in [2.75, 3.05) is 5.32 Å². The van der Waals surface area contributed by atoms with Crippen LogP contribution in [0.4, 0.5) is 5.82 Å². The maximum absolute atomic E-state index is 12.9. The van der Waals surface area contributed by atoms with E-state index in [1.165, 1.54) is 23.8 Å². The number of aromatic nitrogens is 2. The van der Waals surface area contributed by atoms with Crippen molar-refractivity contribution in [1.82, 2.24) is 14.9 Å². The van der Waals surface area contributed by atoms with Crippen LogP contribution in [0, 0.1) is 0 Å². The van der Waals surface area contributed by atoms with Crippen LogP contribution in [0.2, 0.25) is 0 Å². The van der Waals surface area contributed by atoms with Gasteiger partial charge < -0.3 is 15.2 Å². The Morgan fingerprint density at radius 1 is 1.34 bits per heavy atom. The van der Waals surface area contributed by atoms with E-state index in [1.807, 2.05) is 19.9 Å². The van der Waals surface area contributed by atoms with Crippen molar-refractivity contribution in [1.29, 1.82) is 0 Å². The number of hydrogen-bond donors (Lipinski definition) is 2. The molecule has 2 aliphatic rings. The van der Waals surface area contributed by atoms with Crippen molar-refractivity contribution in [2.45, 2.75) is 45.6 Å². The number of fused-ring (bicyclic) bond motifs is 1. The number of nitrogens with zero attached hydrogens (tertiary/aromatic N) is 2. The number of amides is 1. The fourth-order valence-electron chi connectivity index (χ4n) is 3.07. The Kier molecular flexibility index (Phi) is 6.26. The Morgan fingerprint density at radius 2 is 2.07 bits per heavy atom. The molecule has 1 fully saturated rings. The molecule has 2 aromatic rings. The zero-order valence-electron chi connectivity index (χ0n) is 17.0. The van der Waals surface area contributed by atoms with E-state index >= 15 is 0 Å². The Balaban J connectivity index is 0.000000732. The number of nitrogens with one attached hydrogen (secondary N) is 2. The smallest absolute Gasteiger partial charge is 0.258 e. The Labute approximate surface area is 169 Å². The lowest BCUT2D eigenvalue weighted by molar-refractivity contribution is -0.119. The zero-order chi connectivity index (χ0) is 21.0. The van der Waals surface area contributed by atoms with Gasteiger partial charge in [0.05, 0.1) is 5.52 Å². The summed E-state index contributed by atoms with van der Waals surface area (Å²) in [5.41, 5.74) is 2.66. The van der Waals surface area contributed by atoms with Crippen LogP contribution >= 0.6 is 0 Å². The molecule has 2 aromatic heterocycles. The first kappa shape index (κ1) is 20.5. The summed E-state index contributed by atoms with van der Waals surface area (Å²) in [6.07, 6.45) is 10.7. The molecule has 1 saturated carbocycles. The predicted molar refractivity (Wildman–Crippen MR) is 114 cm³/mol. The van der Waals surface area contributed by atoms with E-state index in [1.54, 1.807) is 31.6 Å². The predicted octanol–water partition coefficient (Wildman–Crippen LogP) is 2.91. The SMILES string of the molecule is C1CC1.CCC(=O)C1C=C(C)C(c2cc3cnc(NC=O)cc3n(C)c2=O)=CN1. The third kappa shape index (κ3) is 4.62. The standard InChI is InChI=1S/C19H20N4O3.C3H6/c1-4-17(25)15-5-11(2)14(9-20-15)13-6-12-8-21-18(22-10-24)7-16(12)23(3)19(13)26;1-2-3-1/h5-10,15,20H,4H2,1-3H3,(H,21,22,24);1-3H2. The number of Topliss-reactive ketones (excluding diaryl/α,β-unsaturated/α-hetero) is 1. The van der Waals surface area contributed by atoms with Gasteiger partial charge >= 0.3 is 0 Å². The second-order valence-corrected chi connectivity index (χ2v) is 7.25. The molecule has 1 unspecified atom stereocenters. The van der Waals surface area contributed by atoms with Crippen LogP contribution in [0.25, 0.3) is 16.5 Å². The van der Waals surface area contributed by atoms with Gasteiger partial charge in [-0.1, -0.05) is 32.3 Å². The van der Waals surface area contributed by atoms with E-state index in [9.17, 15) is 14.4 Å². The number of rotatable bonds is 5. The first-order valence-electron chi connectivity index (χ1n) is 9.84. The molecule has 0 radical (unpaired) electrons. The summed E-state index contributed by atoms with van der Waals surface area (Å²) in [7, 11) is 1.68. The molecule has 0 bridgehead atoms. The molecule has 1 aliphatic carbocycles. The van der Waals surface area contributed by atoms with Crippen molar-refractivity contribution in [3.8, 4) is 0 Å². The van der Waals surface area contributed by atoms with E-state index in [4.69, 9.17) is 0 Å². The Bertz CT molecular complexity index is 1060. The van der Waals surface area contributed by atoms with Gasteiger partial charge in [-0.2, -0.15) is 0 Å². The summed E-state index contributed by atoms with van der Waals surface area (Å²) in [5, 5.41) is 6.33. The number of aryl methyl sites for hydroxylation is 1. The quantitative estimate of drug-likeness (QED) is 0.761. The van der Waals surface area contributed by atoms with Crippen LogP contribution in [0.5, 0.6) is 0 Å². The first-order valence-corrected chi connectivity index (χ1v) is 9.84. The fourth-order valence-corrected chi connectivity index (χ4v) is 3.07. The largest absolute Gasteiger partial charge is 0.378 e. The van der Waals surface area contributed by atoms with Gasteiger partial charge in [-0.15, -0.1) is 0 Å². The average Bonchev–Trinajstić information content (AvgIpc) is 3.60. The lowest BCUT2D eigenvalue weighted by atomic mass is 9.94. The third-order valence-corrected chi connectivity index (χ3v) is 4.90. The van der Waals surface area contributed by atoms with Gasteiger partial charge in [-0.05, 0) is 18.6 Å². The van der Waals surface area contributed by atoms with E-state index in [0.717, 1.165) is 16.5 Å². The summed E-state index contributed by atoms with van der Waals surface area (Å²) in [6, 6.07) is 3.08. The van der Waals surface area contributed by atoms with E-state index in [0.29, 0.717) is 29.7 Å². The molecule has 7 nitrogen and oxygen atoms in total. The monoisotopic (exact) mass is 394 g/mol. The van der Waals surface area contributed by atoms with Gasteiger partial charge in [-0.3, -0.25) is 14.4 Å². The van der Waals surface area contributed by atoms with E-state index in [-0.39, 0.29) is 17.4 Å². The number of carbonyl (C=O) groups excluding carboxylic acids is 2. The maximum atomic E-state index is 12.9. The molecular weight excluding hydrogens is 368 g/mol. The van der Waals surface area contributed by atoms with Crippen LogP contribution in [0.15, 0.2) is 41.0 Å². The minimum absolute atomic E-state index is 0.102. The lowest BCUT2D eigenvalue weighted by Crippen LogP contribution is -2.34. The minimum atomic E-state index is -0.355. The fraction of sp³-hybridized carbons (Fsp3) is 0.364. The number of ketones is 1. The second kappa shape index (κ2) is 8.86. The molecule has 152 valence electrons. The average molecular weight is 394 g/mol. The van der Waals surface area contributed by atoms with Gasteiger partial charge in [0.15, 0.2) is 5.78 Å². The van der Waals surface area contributed by atoms with Crippen molar-refractivity contribution < 1.29 is 9.59 Å². The molecule has 1 atom stereocenters. The topological polar surface area (TPSA) is 93.1 Å². The number of dihydropyridines is 1. The van der Waals surface area contributed by atoms with E-state index in [2.05, 4.69) is 15.6 Å². The highest BCUT2D eigenvalue weighted by molar-refractivity contribution is 5.91. The molecule has 7 heteroatoms. The van der Waals surface area contributed by atoms with Crippen LogP contribution < -0.4 is 16.2 Å². The molecule has 1 amide bonds. The van der Waals surface area contributed by atoms with Gasteiger partial charge in [0.25, 0.3) is 5.56 Å². The highest BCUT2D eigenvalue weighted by atomic mass is 16.1. The molecule has 2 N–H and O–H groups in total. The van der Waals surface area contributed by atoms with Crippen molar-refractivity contribution in [2.24, 2.45) is 7.05 Å². The van der Waals surface area contributed by atoms with Crippen molar-refractivity contribution in [3.63, 3.8) is 0 Å². The van der Waals surface area contributed by atoms with Gasteiger partial charge in [0.2, 0.25) is 6.41 Å². The molecular formula is C22H26N4O3.